The van der Waals surface area contributed by atoms with E-state index in [1.807, 2.05) is 25.2 Å². The van der Waals surface area contributed by atoms with E-state index in [1.165, 1.54) is 5.57 Å². The maximum Gasteiger partial charge on any atom is 0.0375 e. The number of hydrogen-bond acceptors (Lipinski definition) is 1. The molecule has 0 saturated heterocycles. The fourth-order valence-electron chi connectivity index (χ4n) is 2.14. The van der Waals surface area contributed by atoms with E-state index in [0.29, 0.717) is 5.92 Å². The molecule has 1 nitrogen and oxygen atoms in total. The van der Waals surface area contributed by atoms with Crippen LogP contribution in [0.2, 0.25) is 0 Å². The van der Waals surface area contributed by atoms with Gasteiger partial charge in [-0.3, -0.25) is 0 Å². The van der Waals surface area contributed by atoms with Gasteiger partial charge in [-0.2, -0.15) is 0 Å². The van der Waals surface area contributed by atoms with Crippen molar-refractivity contribution in [3.8, 4) is 12.3 Å². The molecule has 19 heavy (non-hydrogen) atoms. The van der Waals surface area contributed by atoms with Crippen LogP contribution in [0.1, 0.15) is 38.3 Å². The topological polar surface area (TPSA) is 12.0 Å². The number of benzene rings is 1. The zero-order chi connectivity index (χ0) is 14.3. The summed E-state index contributed by atoms with van der Waals surface area (Å²) in [7, 11) is 1.95. The van der Waals surface area contributed by atoms with Gasteiger partial charge in [-0.1, -0.05) is 44.0 Å². The molecule has 1 aromatic carbocycles. The van der Waals surface area contributed by atoms with Crippen molar-refractivity contribution >= 4 is 6.08 Å². The lowest BCUT2D eigenvalue weighted by molar-refractivity contribution is 0.651. The van der Waals surface area contributed by atoms with Crippen LogP contribution in [0.5, 0.6) is 0 Å². The largest absolute Gasteiger partial charge is 0.388 e. The van der Waals surface area contributed by atoms with E-state index < -0.39 is 0 Å². The second-order valence-corrected chi connectivity index (χ2v) is 4.59. The Kier molecular flexibility index (Phi) is 5.96. The number of nitrogens with one attached hydrogen (secondary N) is 1. The standard InChI is InChI=1S/C18H23N/c1-6-14(4)17(8-3)18(19-5)13-16-12-10-9-11-15(16)7-2/h2,8-14,19H,6H2,1,3-5H3/b17-8-,18-13-. The first-order valence-electron chi connectivity index (χ1n) is 6.79. The quantitative estimate of drug-likeness (QED) is 0.612. The van der Waals surface area contributed by atoms with E-state index in [0.717, 1.165) is 23.2 Å². The minimum Gasteiger partial charge on any atom is -0.388 e. The molecule has 0 aromatic heterocycles. The molecule has 0 aliphatic heterocycles. The van der Waals surface area contributed by atoms with Crippen molar-refractivity contribution in [2.24, 2.45) is 5.92 Å². The van der Waals surface area contributed by atoms with E-state index >= 15 is 0 Å². The molecule has 0 saturated carbocycles. The molecule has 1 N–H and O–H groups in total. The Hall–Kier alpha value is -1.94. The lowest BCUT2D eigenvalue weighted by Gasteiger charge is -2.18. The average molecular weight is 253 g/mol. The number of allylic oxidation sites excluding steroid dienone is 2. The molecule has 0 fully saturated rings. The lowest BCUT2D eigenvalue weighted by atomic mass is 9.93. The highest BCUT2D eigenvalue weighted by molar-refractivity contribution is 5.64. The summed E-state index contributed by atoms with van der Waals surface area (Å²) in [6.07, 6.45) is 11.0. The average Bonchev–Trinajstić information content (AvgIpc) is 2.46. The van der Waals surface area contributed by atoms with E-state index in [2.05, 4.69) is 50.2 Å². The Labute approximate surface area is 117 Å². The van der Waals surface area contributed by atoms with Gasteiger partial charge in [0.05, 0.1) is 0 Å². The van der Waals surface area contributed by atoms with Crippen molar-refractivity contribution in [2.45, 2.75) is 27.2 Å². The van der Waals surface area contributed by atoms with E-state index in [1.54, 1.807) is 0 Å². The van der Waals surface area contributed by atoms with Crippen molar-refractivity contribution < 1.29 is 0 Å². The number of likely N-dealkylation sites (N-methyl/N-ethyl adjacent to an activating group) is 1. The van der Waals surface area contributed by atoms with Gasteiger partial charge in [0.2, 0.25) is 0 Å². The predicted molar refractivity (Wildman–Crippen MR) is 84.6 cm³/mol. The Morgan fingerprint density at radius 2 is 2.11 bits per heavy atom. The molecule has 0 bridgehead atoms. The molecule has 0 amide bonds. The van der Waals surface area contributed by atoms with Crippen LogP contribution in [0.15, 0.2) is 41.6 Å². The molecule has 1 aromatic rings. The Balaban J connectivity index is 3.23. The summed E-state index contributed by atoms with van der Waals surface area (Å²) in [6, 6.07) is 8.00. The molecule has 0 aliphatic carbocycles. The predicted octanol–water partition coefficient (Wildman–Crippen LogP) is 4.22. The molecular weight excluding hydrogens is 230 g/mol. The molecule has 0 aliphatic rings. The van der Waals surface area contributed by atoms with Crippen molar-refractivity contribution in [1.29, 1.82) is 0 Å². The zero-order valence-electron chi connectivity index (χ0n) is 12.3. The molecule has 100 valence electrons. The van der Waals surface area contributed by atoms with Crippen molar-refractivity contribution in [3.05, 3.63) is 52.7 Å². The fraction of sp³-hybridized carbons (Fsp3) is 0.333. The maximum atomic E-state index is 5.55. The minimum absolute atomic E-state index is 0.529. The first-order chi connectivity index (χ1) is 9.17. The summed E-state index contributed by atoms with van der Waals surface area (Å²) in [4.78, 5) is 0. The van der Waals surface area contributed by atoms with Crippen LogP contribution in [0.3, 0.4) is 0 Å². The van der Waals surface area contributed by atoms with Crippen molar-refractivity contribution in [2.75, 3.05) is 7.05 Å². The summed E-state index contributed by atoms with van der Waals surface area (Å²) in [5, 5.41) is 3.29. The van der Waals surface area contributed by atoms with Crippen LogP contribution in [0.25, 0.3) is 6.08 Å². The SMILES string of the molecule is C#Cc1ccccc1/C=C(NC)/C(=C\C)C(C)CC. The van der Waals surface area contributed by atoms with Crippen LogP contribution >= 0.6 is 0 Å². The third kappa shape index (κ3) is 3.76. The smallest absolute Gasteiger partial charge is 0.0375 e. The summed E-state index contributed by atoms with van der Waals surface area (Å²) >= 11 is 0. The Morgan fingerprint density at radius 3 is 2.63 bits per heavy atom. The number of terminal acetylenes is 1. The molecule has 1 rings (SSSR count). The van der Waals surface area contributed by atoms with Gasteiger partial charge < -0.3 is 5.32 Å². The van der Waals surface area contributed by atoms with Gasteiger partial charge in [0.25, 0.3) is 0 Å². The minimum atomic E-state index is 0.529. The van der Waals surface area contributed by atoms with Crippen molar-refractivity contribution in [1.82, 2.24) is 5.32 Å². The van der Waals surface area contributed by atoms with Gasteiger partial charge in [-0.15, -0.1) is 6.42 Å². The molecular formula is C18H23N. The Morgan fingerprint density at radius 1 is 1.42 bits per heavy atom. The molecule has 1 unspecified atom stereocenters. The van der Waals surface area contributed by atoms with Gasteiger partial charge in [0.15, 0.2) is 0 Å². The van der Waals surface area contributed by atoms with Gasteiger partial charge >= 0.3 is 0 Å². The summed E-state index contributed by atoms with van der Waals surface area (Å²) in [5.41, 5.74) is 4.48. The Bertz CT molecular complexity index is 515. The monoisotopic (exact) mass is 253 g/mol. The second kappa shape index (κ2) is 7.48. The highest BCUT2D eigenvalue weighted by Crippen LogP contribution is 2.23. The highest BCUT2D eigenvalue weighted by Gasteiger charge is 2.10. The summed E-state index contributed by atoms with van der Waals surface area (Å²) in [5.74, 6) is 3.26. The van der Waals surface area contributed by atoms with Crippen LogP contribution in [-0.4, -0.2) is 7.05 Å². The summed E-state index contributed by atoms with van der Waals surface area (Å²) < 4.78 is 0. The second-order valence-electron chi connectivity index (χ2n) is 4.59. The molecule has 0 spiro atoms. The van der Waals surface area contributed by atoms with Crippen LogP contribution < -0.4 is 5.32 Å². The van der Waals surface area contributed by atoms with E-state index in [4.69, 9.17) is 6.42 Å². The van der Waals surface area contributed by atoms with E-state index in [-0.39, 0.29) is 0 Å². The van der Waals surface area contributed by atoms with Crippen molar-refractivity contribution in [3.63, 3.8) is 0 Å². The third-order valence-electron chi connectivity index (χ3n) is 3.45. The van der Waals surface area contributed by atoms with Gasteiger partial charge in [-0.25, -0.2) is 0 Å². The molecule has 0 heterocycles. The van der Waals surface area contributed by atoms with Crippen LogP contribution in [0, 0.1) is 18.3 Å². The highest BCUT2D eigenvalue weighted by atomic mass is 14.8. The molecule has 0 radical (unpaired) electrons. The molecule has 1 heteroatoms. The molecule has 1 atom stereocenters. The first kappa shape index (κ1) is 15.1. The van der Waals surface area contributed by atoms with Crippen LogP contribution in [-0.2, 0) is 0 Å². The zero-order valence-corrected chi connectivity index (χ0v) is 12.3. The lowest BCUT2D eigenvalue weighted by Crippen LogP contribution is -2.13. The van der Waals surface area contributed by atoms with Gasteiger partial charge in [0, 0.05) is 18.3 Å². The van der Waals surface area contributed by atoms with Crippen LogP contribution in [0.4, 0.5) is 0 Å². The fourth-order valence-corrected chi connectivity index (χ4v) is 2.14. The van der Waals surface area contributed by atoms with E-state index in [9.17, 15) is 0 Å². The van der Waals surface area contributed by atoms with Gasteiger partial charge in [-0.05, 0) is 42.5 Å². The first-order valence-corrected chi connectivity index (χ1v) is 6.79. The number of hydrogen-bond donors (Lipinski definition) is 1. The van der Waals surface area contributed by atoms with Gasteiger partial charge in [0.1, 0.15) is 0 Å². The summed E-state index contributed by atoms with van der Waals surface area (Å²) in [6.45, 7) is 6.53. The third-order valence-corrected chi connectivity index (χ3v) is 3.45. The number of rotatable bonds is 5. The maximum absolute atomic E-state index is 5.55. The normalized spacial score (nSPS) is 13.8.